The molecular weight excluding hydrogens is 342 g/mol. The molecule has 1 saturated carbocycles. The minimum Gasteiger partial charge on any atom is -0.377 e. The summed E-state index contributed by atoms with van der Waals surface area (Å²) >= 11 is 1.74. The summed E-state index contributed by atoms with van der Waals surface area (Å²) in [4.78, 5) is 3.62. The fourth-order valence-electron chi connectivity index (χ4n) is 3.91. The Balaban J connectivity index is 1.55. The molecule has 0 aromatic carbocycles. The van der Waals surface area contributed by atoms with Gasteiger partial charge in [0.25, 0.3) is 0 Å². The van der Waals surface area contributed by atoms with E-state index in [2.05, 4.69) is 29.3 Å². The van der Waals surface area contributed by atoms with E-state index in [9.17, 15) is 8.42 Å². The fraction of sp³-hybridized carbons (Fsp3) is 0.778. The molecule has 24 heavy (non-hydrogen) atoms. The molecule has 2 heterocycles. The van der Waals surface area contributed by atoms with Crippen molar-refractivity contribution < 1.29 is 13.2 Å². The quantitative estimate of drug-likeness (QED) is 0.737. The van der Waals surface area contributed by atoms with E-state index >= 15 is 0 Å². The van der Waals surface area contributed by atoms with E-state index in [1.807, 2.05) is 0 Å². The molecule has 0 N–H and O–H groups in total. The molecule has 1 aliphatic heterocycles. The van der Waals surface area contributed by atoms with Gasteiger partial charge in [-0.2, -0.15) is 0 Å². The summed E-state index contributed by atoms with van der Waals surface area (Å²) in [5, 5.41) is 2.08. The summed E-state index contributed by atoms with van der Waals surface area (Å²) in [6.07, 6.45) is 6.18. The number of thiophene rings is 1. The van der Waals surface area contributed by atoms with Gasteiger partial charge in [-0.1, -0.05) is 25.8 Å². The number of hydrogen-bond donors (Lipinski definition) is 0. The zero-order chi connectivity index (χ0) is 17.0. The highest BCUT2D eigenvalue weighted by Gasteiger charge is 2.32. The summed E-state index contributed by atoms with van der Waals surface area (Å²) in [6, 6.07) is 4.33. The van der Waals surface area contributed by atoms with E-state index in [1.165, 1.54) is 30.6 Å². The van der Waals surface area contributed by atoms with Gasteiger partial charge in [-0.05, 0) is 36.6 Å². The predicted octanol–water partition coefficient (Wildman–Crippen LogP) is 3.33. The number of nitrogens with zero attached hydrogens (tertiary/aromatic N) is 1. The van der Waals surface area contributed by atoms with Crippen molar-refractivity contribution in [3.63, 3.8) is 0 Å². The van der Waals surface area contributed by atoms with Crippen LogP contribution < -0.4 is 0 Å². The third-order valence-corrected chi connectivity index (χ3v) is 8.02. The van der Waals surface area contributed by atoms with Crippen molar-refractivity contribution in [2.24, 2.45) is 5.92 Å². The lowest BCUT2D eigenvalue weighted by Crippen LogP contribution is -2.39. The molecule has 136 valence electrons. The molecule has 1 saturated heterocycles. The van der Waals surface area contributed by atoms with E-state index in [0.29, 0.717) is 30.1 Å². The molecular formula is C18H29NO3S2. The Morgan fingerprint density at radius 2 is 2.12 bits per heavy atom. The van der Waals surface area contributed by atoms with E-state index < -0.39 is 9.84 Å². The first-order chi connectivity index (χ1) is 11.5. The van der Waals surface area contributed by atoms with Crippen LogP contribution in [0.15, 0.2) is 17.5 Å². The zero-order valence-corrected chi connectivity index (χ0v) is 16.2. The average Bonchev–Trinajstić information content (AvgIpc) is 3.17. The summed E-state index contributed by atoms with van der Waals surface area (Å²) in [5.41, 5.74) is 0. The predicted molar refractivity (Wildman–Crippen MR) is 99.2 cm³/mol. The van der Waals surface area contributed by atoms with Crippen LogP contribution in [-0.2, 0) is 21.1 Å². The van der Waals surface area contributed by atoms with Crippen molar-refractivity contribution in [2.45, 2.75) is 57.7 Å². The van der Waals surface area contributed by atoms with Crippen LogP contribution in [0.5, 0.6) is 0 Å². The fourth-order valence-corrected chi connectivity index (χ4v) is 6.40. The van der Waals surface area contributed by atoms with Gasteiger partial charge in [0.2, 0.25) is 0 Å². The van der Waals surface area contributed by atoms with Gasteiger partial charge in [-0.25, -0.2) is 8.42 Å². The number of rotatable bonds is 7. The molecule has 2 aliphatic rings. The SMILES string of the molecule is C[C@@H]1CCCC[C@H]1OCCN(Cc1cccs1)[C@H]1CCS(=O)(=O)C1. The maximum Gasteiger partial charge on any atom is 0.151 e. The Kier molecular flexibility index (Phi) is 6.35. The normalized spacial score (nSPS) is 30.0. The second kappa shape index (κ2) is 8.30. The standard InChI is InChI=1S/C18H29NO3S2/c1-15-5-2-3-7-18(15)22-10-9-19(13-17-6-4-11-23-17)16-8-12-24(20,21)14-16/h4,6,11,15-16,18H,2-3,5,7-10,12-14H2,1H3/t15-,16+,18-/m1/s1. The van der Waals surface area contributed by atoms with Crippen LogP contribution in [0.1, 0.15) is 43.9 Å². The lowest BCUT2D eigenvalue weighted by atomic mass is 9.88. The van der Waals surface area contributed by atoms with Crippen LogP contribution in [0.25, 0.3) is 0 Å². The van der Waals surface area contributed by atoms with Crippen LogP contribution in [0.4, 0.5) is 0 Å². The Hall–Kier alpha value is -0.430. The monoisotopic (exact) mass is 371 g/mol. The van der Waals surface area contributed by atoms with Gasteiger partial charge < -0.3 is 4.74 Å². The third kappa shape index (κ3) is 5.04. The van der Waals surface area contributed by atoms with Crippen LogP contribution in [0, 0.1) is 5.92 Å². The highest BCUT2D eigenvalue weighted by atomic mass is 32.2. The van der Waals surface area contributed by atoms with Gasteiger partial charge in [0.1, 0.15) is 0 Å². The molecule has 4 nitrogen and oxygen atoms in total. The topological polar surface area (TPSA) is 46.6 Å². The Morgan fingerprint density at radius 1 is 1.29 bits per heavy atom. The molecule has 1 aromatic rings. The molecule has 0 radical (unpaired) electrons. The van der Waals surface area contributed by atoms with Gasteiger partial charge in [-0.15, -0.1) is 11.3 Å². The van der Waals surface area contributed by atoms with Crippen LogP contribution in [0.3, 0.4) is 0 Å². The lowest BCUT2D eigenvalue weighted by Gasteiger charge is -2.31. The van der Waals surface area contributed by atoms with Gasteiger partial charge in [0.15, 0.2) is 9.84 Å². The first-order valence-electron chi connectivity index (χ1n) is 9.12. The first-order valence-corrected chi connectivity index (χ1v) is 11.8. The average molecular weight is 372 g/mol. The smallest absolute Gasteiger partial charge is 0.151 e. The second-order valence-electron chi connectivity index (χ2n) is 7.28. The van der Waals surface area contributed by atoms with E-state index in [0.717, 1.165) is 19.5 Å². The van der Waals surface area contributed by atoms with Crippen LogP contribution in [-0.4, -0.2) is 50.1 Å². The van der Waals surface area contributed by atoms with E-state index in [-0.39, 0.29) is 6.04 Å². The lowest BCUT2D eigenvalue weighted by molar-refractivity contribution is -0.0177. The Morgan fingerprint density at radius 3 is 2.79 bits per heavy atom. The minimum atomic E-state index is -2.85. The van der Waals surface area contributed by atoms with Crippen molar-refractivity contribution >= 4 is 21.2 Å². The Labute approximate surface area is 150 Å². The van der Waals surface area contributed by atoms with E-state index in [1.54, 1.807) is 11.3 Å². The summed E-state index contributed by atoms with van der Waals surface area (Å²) in [6.45, 7) is 4.65. The molecule has 0 spiro atoms. The molecule has 3 atom stereocenters. The molecule has 0 amide bonds. The van der Waals surface area contributed by atoms with Crippen molar-refractivity contribution in [3.8, 4) is 0 Å². The summed E-state index contributed by atoms with van der Waals surface area (Å²) in [7, 11) is -2.85. The molecule has 1 aliphatic carbocycles. The number of sulfone groups is 1. The van der Waals surface area contributed by atoms with Crippen LogP contribution in [0.2, 0.25) is 0 Å². The largest absolute Gasteiger partial charge is 0.377 e. The van der Waals surface area contributed by atoms with Crippen molar-refractivity contribution in [1.82, 2.24) is 4.90 Å². The van der Waals surface area contributed by atoms with Gasteiger partial charge >= 0.3 is 0 Å². The molecule has 6 heteroatoms. The third-order valence-electron chi connectivity index (χ3n) is 5.41. The zero-order valence-electron chi connectivity index (χ0n) is 14.5. The maximum atomic E-state index is 11.9. The Bertz CT molecular complexity index is 600. The first kappa shape index (κ1) is 18.4. The molecule has 3 rings (SSSR count). The van der Waals surface area contributed by atoms with Gasteiger partial charge in [0.05, 0.1) is 24.2 Å². The highest BCUT2D eigenvalue weighted by Crippen LogP contribution is 2.27. The number of ether oxygens (including phenoxy) is 1. The second-order valence-corrected chi connectivity index (χ2v) is 10.5. The van der Waals surface area contributed by atoms with Crippen molar-refractivity contribution in [1.29, 1.82) is 0 Å². The van der Waals surface area contributed by atoms with Crippen molar-refractivity contribution in [2.75, 3.05) is 24.7 Å². The molecule has 0 bridgehead atoms. The van der Waals surface area contributed by atoms with E-state index in [4.69, 9.17) is 4.74 Å². The summed E-state index contributed by atoms with van der Waals surface area (Å²) in [5.74, 6) is 1.29. The van der Waals surface area contributed by atoms with Crippen LogP contribution >= 0.6 is 11.3 Å². The van der Waals surface area contributed by atoms with Crippen molar-refractivity contribution in [3.05, 3.63) is 22.4 Å². The van der Waals surface area contributed by atoms with Gasteiger partial charge in [0, 0.05) is 24.0 Å². The molecule has 0 unspecified atom stereocenters. The highest BCUT2D eigenvalue weighted by molar-refractivity contribution is 7.91. The molecule has 2 fully saturated rings. The number of hydrogen-bond acceptors (Lipinski definition) is 5. The minimum absolute atomic E-state index is 0.143. The van der Waals surface area contributed by atoms with Gasteiger partial charge in [-0.3, -0.25) is 4.90 Å². The summed E-state index contributed by atoms with van der Waals surface area (Å²) < 4.78 is 29.9. The maximum absolute atomic E-state index is 11.9. The molecule has 1 aromatic heterocycles.